The minimum absolute atomic E-state index is 0.119. The summed E-state index contributed by atoms with van der Waals surface area (Å²) in [5, 5.41) is 15.8. The minimum Gasteiger partial charge on any atom is -0.389 e. The SMILES string of the molecule is CCCCCCOCC(O)CNC1CCC(=O)NC1. The Balaban J connectivity index is 1.93. The molecule has 3 N–H and O–H groups in total. The fourth-order valence-electron chi connectivity index (χ4n) is 2.12. The van der Waals surface area contributed by atoms with Crippen molar-refractivity contribution in [1.82, 2.24) is 10.6 Å². The zero-order valence-corrected chi connectivity index (χ0v) is 12.0. The van der Waals surface area contributed by atoms with E-state index in [1.54, 1.807) is 0 Å². The van der Waals surface area contributed by atoms with E-state index >= 15 is 0 Å². The molecule has 1 rings (SSSR count). The normalized spacial score (nSPS) is 21.2. The highest BCUT2D eigenvalue weighted by atomic mass is 16.5. The van der Waals surface area contributed by atoms with Crippen molar-refractivity contribution in [2.45, 2.75) is 57.6 Å². The van der Waals surface area contributed by atoms with Crippen LogP contribution in [-0.4, -0.2) is 49.5 Å². The van der Waals surface area contributed by atoms with Gasteiger partial charge in [0.15, 0.2) is 0 Å². The van der Waals surface area contributed by atoms with Crippen LogP contribution in [0, 0.1) is 0 Å². The molecule has 112 valence electrons. The van der Waals surface area contributed by atoms with Crippen molar-refractivity contribution in [1.29, 1.82) is 0 Å². The summed E-state index contributed by atoms with van der Waals surface area (Å²) in [7, 11) is 0. The van der Waals surface area contributed by atoms with Crippen molar-refractivity contribution < 1.29 is 14.6 Å². The first-order valence-electron chi connectivity index (χ1n) is 7.48. The van der Waals surface area contributed by atoms with Crippen molar-refractivity contribution >= 4 is 5.91 Å². The van der Waals surface area contributed by atoms with Crippen LogP contribution in [0.1, 0.15) is 45.4 Å². The van der Waals surface area contributed by atoms with E-state index in [4.69, 9.17) is 4.74 Å². The number of aliphatic hydroxyl groups is 1. The zero-order chi connectivity index (χ0) is 13.9. The van der Waals surface area contributed by atoms with Crippen LogP contribution in [0.25, 0.3) is 0 Å². The van der Waals surface area contributed by atoms with Crippen LogP contribution in [-0.2, 0) is 9.53 Å². The Morgan fingerprint density at radius 2 is 2.32 bits per heavy atom. The fraction of sp³-hybridized carbons (Fsp3) is 0.929. The predicted molar refractivity (Wildman–Crippen MR) is 75.0 cm³/mol. The Hall–Kier alpha value is -0.650. The van der Waals surface area contributed by atoms with Crippen LogP contribution in [0.15, 0.2) is 0 Å². The fourth-order valence-corrected chi connectivity index (χ4v) is 2.12. The monoisotopic (exact) mass is 272 g/mol. The maximum Gasteiger partial charge on any atom is 0.220 e. The topological polar surface area (TPSA) is 70.6 Å². The summed E-state index contributed by atoms with van der Waals surface area (Å²) in [6.07, 6.45) is 5.70. The summed E-state index contributed by atoms with van der Waals surface area (Å²) in [5.74, 6) is 0.119. The molecule has 2 unspecified atom stereocenters. The molecule has 1 heterocycles. The van der Waals surface area contributed by atoms with Crippen molar-refractivity contribution in [3.8, 4) is 0 Å². The molecule has 5 heteroatoms. The lowest BCUT2D eigenvalue weighted by Crippen LogP contribution is -2.48. The lowest BCUT2D eigenvalue weighted by molar-refractivity contribution is -0.122. The van der Waals surface area contributed by atoms with Crippen molar-refractivity contribution in [2.24, 2.45) is 0 Å². The molecule has 19 heavy (non-hydrogen) atoms. The molecule has 1 aliphatic rings. The second-order valence-electron chi connectivity index (χ2n) is 5.24. The molecule has 1 saturated heterocycles. The van der Waals surface area contributed by atoms with E-state index in [0.29, 0.717) is 26.1 Å². The molecule has 5 nitrogen and oxygen atoms in total. The van der Waals surface area contributed by atoms with Gasteiger partial charge in [0.1, 0.15) is 0 Å². The second-order valence-corrected chi connectivity index (χ2v) is 5.24. The maximum absolute atomic E-state index is 11.0. The van der Waals surface area contributed by atoms with E-state index in [1.807, 2.05) is 0 Å². The molecule has 0 bridgehead atoms. The van der Waals surface area contributed by atoms with Gasteiger partial charge in [0.2, 0.25) is 5.91 Å². The van der Waals surface area contributed by atoms with Crippen LogP contribution in [0.5, 0.6) is 0 Å². The molecular weight excluding hydrogens is 244 g/mol. The first-order chi connectivity index (χ1) is 9.22. The standard InChI is InChI=1S/C14H28N2O3/c1-2-3-4-5-8-19-11-13(17)10-15-12-6-7-14(18)16-9-12/h12-13,15,17H,2-11H2,1H3,(H,16,18). The number of nitrogens with one attached hydrogen (secondary N) is 2. The van der Waals surface area contributed by atoms with Gasteiger partial charge in [-0.05, 0) is 12.8 Å². The van der Waals surface area contributed by atoms with Gasteiger partial charge in [-0.25, -0.2) is 0 Å². The molecule has 1 amide bonds. The Labute approximate surface area is 116 Å². The van der Waals surface area contributed by atoms with Gasteiger partial charge in [0.05, 0.1) is 12.7 Å². The highest BCUT2D eigenvalue weighted by Gasteiger charge is 2.18. The van der Waals surface area contributed by atoms with Gasteiger partial charge in [-0.1, -0.05) is 26.2 Å². The molecular formula is C14H28N2O3. The Bertz CT molecular complexity index is 239. The molecule has 0 saturated carbocycles. The molecule has 0 radical (unpaired) electrons. The van der Waals surface area contributed by atoms with Gasteiger partial charge in [0, 0.05) is 32.2 Å². The number of hydrogen-bond acceptors (Lipinski definition) is 4. The van der Waals surface area contributed by atoms with Gasteiger partial charge < -0.3 is 20.5 Å². The first kappa shape index (κ1) is 16.4. The third-order valence-corrected chi connectivity index (χ3v) is 3.36. The van der Waals surface area contributed by atoms with Crippen molar-refractivity contribution in [3.05, 3.63) is 0 Å². The van der Waals surface area contributed by atoms with Crippen LogP contribution in [0.3, 0.4) is 0 Å². The average Bonchev–Trinajstić information content (AvgIpc) is 2.42. The van der Waals surface area contributed by atoms with Crippen LogP contribution in [0.2, 0.25) is 0 Å². The number of unbranched alkanes of at least 4 members (excludes halogenated alkanes) is 3. The van der Waals surface area contributed by atoms with Gasteiger partial charge in [-0.15, -0.1) is 0 Å². The zero-order valence-electron chi connectivity index (χ0n) is 12.0. The predicted octanol–water partition coefficient (Wildman–Crippen LogP) is 0.812. The van der Waals surface area contributed by atoms with Gasteiger partial charge in [-0.2, -0.15) is 0 Å². The van der Waals surface area contributed by atoms with Crippen LogP contribution in [0.4, 0.5) is 0 Å². The lowest BCUT2D eigenvalue weighted by atomic mass is 10.1. The molecule has 0 aromatic rings. The average molecular weight is 272 g/mol. The highest BCUT2D eigenvalue weighted by molar-refractivity contribution is 5.76. The number of aliphatic hydroxyl groups excluding tert-OH is 1. The Kier molecular flexibility index (Phi) is 8.79. The van der Waals surface area contributed by atoms with Crippen molar-refractivity contribution in [2.75, 3.05) is 26.3 Å². The summed E-state index contributed by atoms with van der Waals surface area (Å²) in [5.41, 5.74) is 0. The van der Waals surface area contributed by atoms with E-state index in [9.17, 15) is 9.90 Å². The summed E-state index contributed by atoms with van der Waals surface area (Å²) in [6.45, 7) is 4.48. The molecule has 2 atom stereocenters. The number of hydrogen-bond donors (Lipinski definition) is 3. The lowest BCUT2D eigenvalue weighted by Gasteiger charge is -2.24. The van der Waals surface area contributed by atoms with Gasteiger partial charge in [0.25, 0.3) is 0 Å². The highest BCUT2D eigenvalue weighted by Crippen LogP contribution is 2.03. The van der Waals surface area contributed by atoms with E-state index in [2.05, 4.69) is 17.6 Å². The smallest absolute Gasteiger partial charge is 0.220 e. The first-order valence-corrected chi connectivity index (χ1v) is 7.48. The van der Waals surface area contributed by atoms with Crippen LogP contribution >= 0.6 is 0 Å². The molecule has 0 aromatic heterocycles. The molecule has 0 spiro atoms. The van der Waals surface area contributed by atoms with Gasteiger partial charge >= 0.3 is 0 Å². The Morgan fingerprint density at radius 3 is 3.00 bits per heavy atom. The van der Waals surface area contributed by atoms with E-state index in [0.717, 1.165) is 19.4 Å². The molecule has 0 aromatic carbocycles. The second kappa shape index (κ2) is 10.2. The van der Waals surface area contributed by atoms with Gasteiger partial charge in [-0.3, -0.25) is 4.79 Å². The summed E-state index contributed by atoms with van der Waals surface area (Å²) >= 11 is 0. The minimum atomic E-state index is -0.469. The van der Waals surface area contributed by atoms with E-state index < -0.39 is 6.10 Å². The van der Waals surface area contributed by atoms with Crippen molar-refractivity contribution in [3.63, 3.8) is 0 Å². The Morgan fingerprint density at radius 1 is 1.47 bits per heavy atom. The number of carbonyl (C=O) groups excluding carboxylic acids is 1. The third kappa shape index (κ3) is 8.18. The number of carbonyl (C=O) groups is 1. The number of piperidine rings is 1. The molecule has 0 aliphatic carbocycles. The summed E-state index contributed by atoms with van der Waals surface area (Å²) in [4.78, 5) is 11.0. The summed E-state index contributed by atoms with van der Waals surface area (Å²) < 4.78 is 5.44. The van der Waals surface area contributed by atoms with E-state index in [-0.39, 0.29) is 11.9 Å². The van der Waals surface area contributed by atoms with Crippen LogP contribution < -0.4 is 10.6 Å². The molecule has 1 aliphatic heterocycles. The number of rotatable bonds is 10. The number of ether oxygens (including phenoxy) is 1. The third-order valence-electron chi connectivity index (χ3n) is 3.36. The maximum atomic E-state index is 11.0. The summed E-state index contributed by atoms with van der Waals surface area (Å²) in [6, 6.07) is 0.275. The quantitative estimate of drug-likeness (QED) is 0.515. The number of amides is 1. The molecule has 1 fully saturated rings. The van der Waals surface area contributed by atoms with E-state index in [1.165, 1.54) is 19.3 Å². The largest absolute Gasteiger partial charge is 0.389 e.